The zero-order valence-corrected chi connectivity index (χ0v) is 15.2. The number of benzene rings is 1. The van der Waals surface area contributed by atoms with Crippen LogP contribution in [0.25, 0.3) is 10.9 Å². The number of pyridine rings is 3. The van der Waals surface area contributed by atoms with Crippen LogP contribution in [0, 0.1) is 6.92 Å². The molecular weight excluding hydrogens is 354 g/mol. The molecule has 0 aliphatic rings. The molecule has 0 saturated heterocycles. The number of carbonyl (C=O) groups is 1. The maximum Gasteiger partial charge on any atom is 0.247 e. The van der Waals surface area contributed by atoms with Crippen LogP contribution in [0.15, 0.2) is 76.6 Å². The minimum absolute atomic E-state index is 0.0541. The van der Waals surface area contributed by atoms with Crippen molar-refractivity contribution >= 4 is 16.7 Å². The van der Waals surface area contributed by atoms with Gasteiger partial charge in [-0.25, -0.2) is 0 Å². The summed E-state index contributed by atoms with van der Waals surface area (Å²) < 4.78 is 1.86. The van der Waals surface area contributed by atoms with Gasteiger partial charge < -0.3 is 9.55 Å². The molecule has 3 heterocycles. The number of fused-ring (bicyclic) bond motifs is 1. The van der Waals surface area contributed by atoms with Gasteiger partial charge in [-0.2, -0.15) is 0 Å². The molecule has 6 heteroatoms. The van der Waals surface area contributed by atoms with Gasteiger partial charge >= 0.3 is 0 Å². The number of nitrogens with one attached hydrogen (secondary N) is 1. The van der Waals surface area contributed by atoms with Crippen LogP contribution in [0.4, 0.5) is 0 Å². The summed E-state index contributed by atoms with van der Waals surface area (Å²) in [5.74, 6) is -0.432. The van der Waals surface area contributed by atoms with Gasteiger partial charge in [0.25, 0.3) is 0 Å². The molecule has 0 amide bonds. The second-order valence-electron chi connectivity index (χ2n) is 6.56. The number of ketones is 1. The van der Waals surface area contributed by atoms with Crippen molar-refractivity contribution in [3.63, 3.8) is 0 Å². The molecule has 1 N–H and O–H groups in total. The number of para-hydroxylation sites is 1. The summed E-state index contributed by atoms with van der Waals surface area (Å²) in [5.41, 5.74) is 2.13. The molecule has 28 heavy (non-hydrogen) atoms. The van der Waals surface area contributed by atoms with E-state index in [9.17, 15) is 14.4 Å². The Labute approximate surface area is 160 Å². The first-order chi connectivity index (χ1) is 13.5. The van der Waals surface area contributed by atoms with E-state index in [4.69, 9.17) is 0 Å². The Bertz CT molecular complexity index is 1300. The molecular formula is C22H17N3O3. The lowest BCUT2D eigenvalue weighted by atomic mass is 10.0. The van der Waals surface area contributed by atoms with Gasteiger partial charge in [-0.05, 0) is 37.3 Å². The van der Waals surface area contributed by atoms with E-state index in [0.29, 0.717) is 11.9 Å². The molecule has 1 aromatic carbocycles. The summed E-state index contributed by atoms with van der Waals surface area (Å²) in [6.07, 6.45) is 2.90. The Morgan fingerprint density at radius 1 is 1.04 bits per heavy atom. The first-order valence-corrected chi connectivity index (χ1v) is 8.81. The number of aromatic nitrogens is 3. The number of aryl methyl sites for hydroxylation is 1. The predicted molar refractivity (Wildman–Crippen MR) is 107 cm³/mol. The van der Waals surface area contributed by atoms with E-state index in [1.807, 2.05) is 41.8 Å². The maximum atomic E-state index is 12.9. The van der Waals surface area contributed by atoms with Crippen molar-refractivity contribution in [2.75, 3.05) is 0 Å². The van der Waals surface area contributed by atoms with Crippen LogP contribution in [-0.2, 0) is 6.54 Å². The van der Waals surface area contributed by atoms with Gasteiger partial charge in [0.1, 0.15) is 0 Å². The fourth-order valence-electron chi connectivity index (χ4n) is 3.21. The molecule has 4 aromatic rings. The van der Waals surface area contributed by atoms with Crippen molar-refractivity contribution < 1.29 is 4.79 Å². The van der Waals surface area contributed by atoms with Crippen LogP contribution in [0.3, 0.4) is 0 Å². The van der Waals surface area contributed by atoms with E-state index in [1.165, 1.54) is 18.3 Å². The van der Waals surface area contributed by atoms with Crippen LogP contribution in [0.5, 0.6) is 0 Å². The minimum atomic E-state index is -0.432. The molecule has 6 nitrogen and oxygen atoms in total. The highest BCUT2D eigenvalue weighted by molar-refractivity contribution is 6.09. The highest BCUT2D eigenvalue weighted by Crippen LogP contribution is 2.15. The Morgan fingerprint density at radius 2 is 1.86 bits per heavy atom. The average Bonchev–Trinajstić information content (AvgIpc) is 2.70. The Balaban J connectivity index is 1.89. The molecule has 0 bridgehead atoms. The van der Waals surface area contributed by atoms with E-state index < -0.39 is 5.78 Å². The number of H-pyrrole nitrogens is 1. The van der Waals surface area contributed by atoms with Crippen LogP contribution in [0.2, 0.25) is 0 Å². The maximum absolute atomic E-state index is 12.9. The lowest BCUT2D eigenvalue weighted by molar-refractivity contribution is 0.103. The second kappa shape index (κ2) is 7.08. The standard InChI is InChI=1S/C22H17N3O3/c1-14-5-4-6-16(24-14)12-25-13-18(21(27)15-9-10-20(26)23-11-15)22(28)17-7-2-3-8-19(17)25/h2-11,13H,12H2,1H3,(H,23,26). The van der Waals surface area contributed by atoms with Crippen LogP contribution in [-0.4, -0.2) is 20.3 Å². The van der Waals surface area contributed by atoms with Crippen molar-refractivity contribution in [2.45, 2.75) is 13.5 Å². The molecule has 0 saturated carbocycles. The summed E-state index contributed by atoms with van der Waals surface area (Å²) in [5, 5.41) is 0.463. The molecule has 138 valence electrons. The third-order valence-electron chi connectivity index (χ3n) is 4.56. The molecule has 0 aliphatic heterocycles. The number of carbonyl (C=O) groups excluding carboxylic acids is 1. The Hall–Kier alpha value is -3.80. The van der Waals surface area contributed by atoms with E-state index in [-0.39, 0.29) is 22.1 Å². The Kier molecular flexibility index (Phi) is 4.45. The van der Waals surface area contributed by atoms with Gasteiger partial charge in [-0.15, -0.1) is 0 Å². The van der Waals surface area contributed by atoms with Crippen molar-refractivity contribution in [3.8, 4) is 0 Å². The Morgan fingerprint density at radius 3 is 2.61 bits per heavy atom. The molecule has 0 fully saturated rings. The first kappa shape index (κ1) is 17.6. The summed E-state index contributed by atoms with van der Waals surface area (Å²) in [6.45, 7) is 2.34. The van der Waals surface area contributed by atoms with Crippen LogP contribution < -0.4 is 11.0 Å². The van der Waals surface area contributed by atoms with Gasteiger partial charge in [0, 0.05) is 35.1 Å². The van der Waals surface area contributed by atoms with Gasteiger partial charge in [0.05, 0.1) is 23.3 Å². The smallest absolute Gasteiger partial charge is 0.247 e. The molecule has 0 atom stereocenters. The first-order valence-electron chi connectivity index (χ1n) is 8.81. The van der Waals surface area contributed by atoms with Crippen molar-refractivity contribution in [1.82, 2.24) is 14.5 Å². The molecule has 3 aromatic heterocycles. The zero-order chi connectivity index (χ0) is 19.7. The molecule has 0 unspecified atom stereocenters. The van der Waals surface area contributed by atoms with Crippen LogP contribution >= 0.6 is 0 Å². The number of nitrogens with zero attached hydrogens (tertiary/aromatic N) is 2. The lowest BCUT2D eigenvalue weighted by Gasteiger charge is -2.13. The fourth-order valence-corrected chi connectivity index (χ4v) is 3.21. The number of aromatic amines is 1. The van der Waals surface area contributed by atoms with E-state index >= 15 is 0 Å². The summed E-state index contributed by atoms with van der Waals surface area (Å²) in [7, 11) is 0. The van der Waals surface area contributed by atoms with E-state index in [2.05, 4.69) is 9.97 Å². The molecule has 0 radical (unpaired) electrons. The topological polar surface area (TPSA) is 84.8 Å². The van der Waals surface area contributed by atoms with Gasteiger partial charge in [-0.1, -0.05) is 18.2 Å². The number of hydrogen-bond acceptors (Lipinski definition) is 4. The second-order valence-corrected chi connectivity index (χ2v) is 6.56. The number of hydrogen-bond donors (Lipinski definition) is 1. The highest BCUT2D eigenvalue weighted by Gasteiger charge is 2.17. The van der Waals surface area contributed by atoms with Crippen molar-refractivity contribution in [2.24, 2.45) is 0 Å². The van der Waals surface area contributed by atoms with E-state index in [1.54, 1.807) is 18.3 Å². The third-order valence-corrected chi connectivity index (χ3v) is 4.56. The van der Waals surface area contributed by atoms with Gasteiger partial charge in [0.15, 0.2) is 5.78 Å². The monoisotopic (exact) mass is 371 g/mol. The quantitative estimate of drug-likeness (QED) is 0.559. The summed E-state index contributed by atoms with van der Waals surface area (Å²) in [6, 6.07) is 15.6. The average molecular weight is 371 g/mol. The summed E-state index contributed by atoms with van der Waals surface area (Å²) in [4.78, 5) is 44.1. The minimum Gasteiger partial charge on any atom is -0.340 e. The normalized spacial score (nSPS) is 10.9. The summed E-state index contributed by atoms with van der Waals surface area (Å²) >= 11 is 0. The third kappa shape index (κ3) is 3.27. The highest BCUT2D eigenvalue weighted by atomic mass is 16.1. The zero-order valence-electron chi connectivity index (χ0n) is 15.2. The van der Waals surface area contributed by atoms with E-state index in [0.717, 1.165) is 16.9 Å². The molecule has 0 spiro atoms. The predicted octanol–water partition coefficient (Wildman–Crippen LogP) is 2.67. The fraction of sp³-hybridized carbons (Fsp3) is 0.0909. The number of rotatable bonds is 4. The molecule has 0 aliphatic carbocycles. The lowest BCUT2D eigenvalue weighted by Crippen LogP contribution is -2.21. The van der Waals surface area contributed by atoms with Gasteiger partial charge in [0.2, 0.25) is 11.0 Å². The van der Waals surface area contributed by atoms with Crippen LogP contribution in [0.1, 0.15) is 27.3 Å². The largest absolute Gasteiger partial charge is 0.340 e. The van der Waals surface area contributed by atoms with Gasteiger partial charge in [-0.3, -0.25) is 19.4 Å². The van der Waals surface area contributed by atoms with Crippen molar-refractivity contribution in [3.05, 3.63) is 110 Å². The SMILES string of the molecule is Cc1cccc(Cn2cc(C(=O)c3ccc(=O)[nH]c3)c(=O)c3ccccc32)n1. The molecule has 4 rings (SSSR count). The van der Waals surface area contributed by atoms with Crippen molar-refractivity contribution in [1.29, 1.82) is 0 Å².